The predicted molar refractivity (Wildman–Crippen MR) is 61.3 cm³/mol. The normalized spacial score (nSPS) is 12.1. The van der Waals surface area contributed by atoms with Crippen molar-refractivity contribution in [2.75, 3.05) is 11.9 Å². The van der Waals surface area contributed by atoms with Crippen LogP contribution in [0, 0.1) is 5.92 Å². The van der Waals surface area contributed by atoms with Crippen molar-refractivity contribution in [3.8, 4) is 0 Å². The van der Waals surface area contributed by atoms with Crippen LogP contribution in [0.5, 0.6) is 0 Å². The Morgan fingerprint density at radius 2 is 2.35 bits per heavy atom. The monoisotopic (exact) mass is 240 g/mol. The third-order valence-electron chi connectivity index (χ3n) is 2.35. The van der Waals surface area contributed by atoms with Gasteiger partial charge < -0.3 is 16.2 Å². The van der Waals surface area contributed by atoms with Gasteiger partial charge in [0.1, 0.15) is 6.54 Å². The number of carboxylic acids is 1. The molecule has 0 spiro atoms. The molecule has 0 saturated heterocycles. The fourth-order valence-corrected chi connectivity index (χ4v) is 1.36. The summed E-state index contributed by atoms with van der Waals surface area (Å²) in [5, 5.41) is 15.0. The molecule has 0 bridgehead atoms. The van der Waals surface area contributed by atoms with Gasteiger partial charge in [-0.3, -0.25) is 14.3 Å². The minimum Gasteiger partial charge on any atom is -0.480 e. The Kier molecular flexibility index (Phi) is 4.65. The van der Waals surface area contributed by atoms with Crippen LogP contribution in [-0.2, 0) is 16.1 Å². The zero-order valence-corrected chi connectivity index (χ0v) is 9.59. The molecule has 17 heavy (non-hydrogen) atoms. The first kappa shape index (κ1) is 13.2. The molecule has 0 fully saturated rings. The lowest BCUT2D eigenvalue weighted by molar-refractivity contribution is -0.137. The molecule has 0 aromatic carbocycles. The summed E-state index contributed by atoms with van der Waals surface area (Å²) in [6, 6.07) is 0. The molecule has 4 N–H and O–H groups in total. The van der Waals surface area contributed by atoms with E-state index in [1.165, 1.54) is 17.1 Å². The van der Waals surface area contributed by atoms with Gasteiger partial charge in [-0.05, 0) is 6.42 Å². The van der Waals surface area contributed by atoms with Gasteiger partial charge in [0.15, 0.2) is 0 Å². The molecule has 94 valence electrons. The Bertz CT molecular complexity index is 398. The summed E-state index contributed by atoms with van der Waals surface area (Å²) in [4.78, 5) is 22.1. The summed E-state index contributed by atoms with van der Waals surface area (Å²) in [5.74, 6) is -1.40. The van der Waals surface area contributed by atoms with Gasteiger partial charge in [0.2, 0.25) is 5.91 Å². The van der Waals surface area contributed by atoms with Crippen molar-refractivity contribution >= 4 is 17.6 Å². The first-order valence-corrected chi connectivity index (χ1v) is 5.32. The first-order valence-electron chi connectivity index (χ1n) is 5.32. The Hall–Kier alpha value is -1.89. The van der Waals surface area contributed by atoms with E-state index < -0.39 is 5.97 Å². The fraction of sp³-hybridized carbons (Fsp3) is 0.500. The highest BCUT2D eigenvalue weighted by Gasteiger charge is 2.15. The Labute approximate surface area is 98.6 Å². The van der Waals surface area contributed by atoms with Crippen molar-refractivity contribution < 1.29 is 14.7 Å². The molecule has 0 aliphatic carbocycles. The minimum absolute atomic E-state index is 0.176. The first-order chi connectivity index (χ1) is 8.06. The van der Waals surface area contributed by atoms with Crippen LogP contribution >= 0.6 is 0 Å². The summed E-state index contributed by atoms with van der Waals surface area (Å²) in [7, 11) is 0. The minimum atomic E-state index is -0.987. The van der Waals surface area contributed by atoms with Gasteiger partial charge in [-0.25, -0.2) is 0 Å². The number of nitrogens with zero attached hydrogens (tertiary/aromatic N) is 2. The molecule has 7 heteroatoms. The number of carboxylic acid groups (broad SMARTS) is 1. The number of carbonyl (C=O) groups is 2. The van der Waals surface area contributed by atoms with E-state index >= 15 is 0 Å². The number of aliphatic carboxylic acids is 1. The molecule has 1 aromatic rings. The van der Waals surface area contributed by atoms with Crippen molar-refractivity contribution in [2.24, 2.45) is 11.7 Å². The third-order valence-corrected chi connectivity index (χ3v) is 2.35. The molecule has 1 unspecified atom stereocenters. The maximum atomic E-state index is 11.7. The van der Waals surface area contributed by atoms with Crippen molar-refractivity contribution in [3.63, 3.8) is 0 Å². The summed E-state index contributed by atoms with van der Waals surface area (Å²) in [5.41, 5.74) is 5.92. The van der Waals surface area contributed by atoms with Gasteiger partial charge in [-0.15, -0.1) is 0 Å². The molecule has 1 rings (SSSR count). The van der Waals surface area contributed by atoms with E-state index in [1.54, 1.807) is 0 Å². The topological polar surface area (TPSA) is 110 Å². The summed E-state index contributed by atoms with van der Waals surface area (Å²) in [6.45, 7) is 1.93. The summed E-state index contributed by atoms with van der Waals surface area (Å²) in [6.07, 6.45) is 3.53. The molecular formula is C10H16N4O3. The Morgan fingerprint density at radius 1 is 1.65 bits per heavy atom. The number of nitrogens with one attached hydrogen (secondary N) is 1. The molecular weight excluding hydrogens is 224 g/mol. The van der Waals surface area contributed by atoms with Crippen molar-refractivity contribution in [3.05, 3.63) is 12.4 Å². The fourth-order valence-electron chi connectivity index (χ4n) is 1.36. The number of anilines is 1. The van der Waals surface area contributed by atoms with Gasteiger partial charge >= 0.3 is 5.97 Å². The molecule has 1 amide bonds. The van der Waals surface area contributed by atoms with E-state index in [-0.39, 0.29) is 24.9 Å². The molecule has 0 aliphatic rings. The molecule has 0 aliphatic heterocycles. The van der Waals surface area contributed by atoms with E-state index in [2.05, 4.69) is 10.4 Å². The summed E-state index contributed by atoms with van der Waals surface area (Å²) >= 11 is 0. The van der Waals surface area contributed by atoms with Crippen LogP contribution in [0.15, 0.2) is 12.4 Å². The second kappa shape index (κ2) is 6.00. The lowest BCUT2D eigenvalue weighted by Gasteiger charge is -2.10. The smallest absolute Gasteiger partial charge is 0.325 e. The molecule has 1 aromatic heterocycles. The van der Waals surface area contributed by atoms with Gasteiger partial charge in [0, 0.05) is 12.7 Å². The van der Waals surface area contributed by atoms with E-state index in [0.717, 1.165) is 0 Å². The van der Waals surface area contributed by atoms with E-state index in [9.17, 15) is 9.59 Å². The molecule has 1 heterocycles. The van der Waals surface area contributed by atoms with Gasteiger partial charge in [-0.2, -0.15) is 5.10 Å². The lowest BCUT2D eigenvalue weighted by atomic mass is 10.1. The van der Waals surface area contributed by atoms with Crippen molar-refractivity contribution in [1.29, 1.82) is 0 Å². The van der Waals surface area contributed by atoms with Gasteiger partial charge in [0.25, 0.3) is 0 Å². The number of carbonyl (C=O) groups excluding carboxylic acids is 1. The maximum absolute atomic E-state index is 11.7. The van der Waals surface area contributed by atoms with Crippen LogP contribution in [0.3, 0.4) is 0 Å². The van der Waals surface area contributed by atoms with Crippen LogP contribution in [-0.4, -0.2) is 33.3 Å². The summed E-state index contributed by atoms with van der Waals surface area (Å²) < 4.78 is 1.24. The molecule has 7 nitrogen and oxygen atoms in total. The highest BCUT2D eigenvalue weighted by Crippen LogP contribution is 2.09. The van der Waals surface area contributed by atoms with E-state index in [0.29, 0.717) is 12.1 Å². The lowest BCUT2D eigenvalue weighted by Crippen LogP contribution is -2.28. The van der Waals surface area contributed by atoms with Crippen LogP contribution in [0.1, 0.15) is 13.3 Å². The highest BCUT2D eigenvalue weighted by molar-refractivity contribution is 5.92. The maximum Gasteiger partial charge on any atom is 0.325 e. The number of hydrogen-bond donors (Lipinski definition) is 3. The van der Waals surface area contributed by atoms with E-state index in [1.807, 2.05) is 6.92 Å². The zero-order valence-electron chi connectivity index (χ0n) is 9.59. The van der Waals surface area contributed by atoms with Crippen LogP contribution in [0.2, 0.25) is 0 Å². The average Bonchev–Trinajstić information content (AvgIpc) is 2.66. The van der Waals surface area contributed by atoms with Crippen molar-refractivity contribution in [2.45, 2.75) is 19.9 Å². The Morgan fingerprint density at radius 3 is 2.88 bits per heavy atom. The van der Waals surface area contributed by atoms with E-state index in [4.69, 9.17) is 10.8 Å². The van der Waals surface area contributed by atoms with Gasteiger partial charge in [-0.1, -0.05) is 6.92 Å². The standard InChI is InChI=1S/C10H16N4O3/c1-2-7(3-11)10(17)13-8-4-12-14(5-8)6-9(15)16/h4-5,7H,2-3,6,11H2,1H3,(H,13,17)(H,15,16). The highest BCUT2D eigenvalue weighted by atomic mass is 16.4. The largest absolute Gasteiger partial charge is 0.480 e. The number of hydrogen-bond acceptors (Lipinski definition) is 4. The van der Waals surface area contributed by atoms with Crippen LogP contribution in [0.4, 0.5) is 5.69 Å². The van der Waals surface area contributed by atoms with Crippen LogP contribution in [0.25, 0.3) is 0 Å². The SMILES string of the molecule is CCC(CN)C(=O)Nc1cnn(CC(=O)O)c1. The molecule has 0 saturated carbocycles. The number of aromatic nitrogens is 2. The molecule has 0 radical (unpaired) electrons. The quantitative estimate of drug-likeness (QED) is 0.642. The second-order valence-corrected chi connectivity index (χ2v) is 3.65. The molecule has 1 atom stereocenters. The Balaban J connectivity index is 2.59. The number of nitrogens with two attached hydrogens (primary N) is 1. The zero-order chi connectivity index (χ0) is 12.8. The average molecular weight is 240 g/mol. The van der Waals surface area contributed by atoms with Crippen LogP contribution < -0.4 is 11.1 Å². The second-order valence-electron chi connectivity index (χ2n) is 3.65. The van der Waals surface area contributed by atoms with Gasteiger partial charge in [0.05, 0.1) is 17.8 Å². The number of rotatable bonds is 6. The number of amides is 1. The van der Waals surface area contributed by atoms with Crippen molar-refractivity contribution in [1.82, 2.24) is 9.78 Å². The predicted octanol–water partition coefficient (Wildman–Crippen LogP) is -0.109. The third kappa shape index (κ3) is 3.87.